The van der Waals surface area contributed by atoms with Gasteiger partial charge in [-0.05, 0) is 38.1 Å². The van der Waals surface area contributed by atoms with Gasteiger partial charge in [0.2, 0.25) is 0 Å². The Morgan fingerprint density at radius 2 is 1.58 bits per heavy atom. The van der Waals surface area contributed by atoms with Crippen molar-refractivity contribution in [2.75, 3.05) is 6.54 Å². The predicted molar refractivity (Wildman–Crippen MR) is 102 cm³/mol. The largest absolute Gasteiger partial charge is 0.481 e. The summed E-state index contributed by atoms with van der Waals surface area (Å²) in [6, 6.07) is 0.800. The predicted octanol–water partition coefficient (Wildman–Crippen LogP) is 5.92. The maximum absolute atomic E-state index is 10.8. The van der Waals surface area contributed by atoms with E-state index in [1.807, 2.05) is 0 Å². The normalized spacial score (nSPS) is 16.5. The molecule has 3 heteroatoms. The smallest absolute Gasteiger partial charge is 0.303 e. The third-order valence-corrected chi connectivity index (χ3v) is 5.56. The molecule has 1 fully saturated rings. The lowest BCUT2D eigenvalue weighted by Crippen LogP contribution is -2.26. The standard InChI is InChI=1S/C21H41NO2/c1-2-3-4-7-12-19(16-17-21(23)24)13-8-5-6-11-18-22-20-14-9-10-15-20/h19-20,22H,2-18H2,1H3,(H,23,24). The highest BCUT2D eigenvalue weighted by molar-refractivity contribution is 5.66. The van der Waals surface area contributed by atoms with Gasteiger partial charge in [-0.2, -0.15) is 0 Å². The summed E-state index contributed by atoms with van der Waals surface area (Å²) >= 11 is 0. The van der Waals surface area contributed by atoms with Crippen molar-refractivity contribution in [3.05, 3.63) is 0 Å². The highest BCUT2D eigenvalue weighted by Gasteiger charge is 2.13. The molecule has 142 valence electrons. The highest BCUT2D eigenvalue weighted by Crippen LogP contribution is 2.23. The maximum Gasteiger partial charge on any atom is 0.303 e. The molecule has 0 bridgehead atoms. The molecule has 0 amide bonds. The first-order valence-electron chi connectivity index (χ1n) is 10.7. The van der Waals surface area contributed by atoms with Crippen molar-refractivity contribution in [2.45, 2.75) is 116 Å². The van der Waals surface area contributed by atoms with E-state index in [-0.39, 0.29) is 0 Å². The topological polar surface area (TPSA) is 49.3 Å². The van der Waals surface area contributed by atoms with E-state index in [2.05, 4.69) is 12.2 Å². The van der Waals surface area contributed by atoms with Crippen LogP contribution in [0.2, 0.25) is 0 Å². The van der Waals surface area contributed by atoms with Crippen LogP contribution in [0.4, 0.5) is 0 Å². The van der Waals surface area contributed by atoms with Crippen LogP contribution in [0.3, 0.4) is 0 Å². The summed E-state index contributed by atoms with van der Waals surface area (Å²) in [5.74, 6) is 0.00103. The lowest BCUT2D eigenvalue weighted by atomic mass is 9.90. The zero-order valence-corrected chi connectivity index (χ0v) is 16.0. The molecule has 1 atom stereocenters. The Balaban J connectivity index is 2.01. The quantitative estimate of drug-likeness (QED) is 0.343. The van der Waals surface area contributed by atoms with Crippen LogP contribution in [0.1, 0.15) is 110 Å². The fourth-order valence-corrected chi connectivity index (χ4v) is 3.97. The Morgan fingerprint density at radius 1 is 0.958 bits per heavy atom. The third-order valence-electron chi connectivity index (χ3n) is 5.56. The van der Waals surface area contributed by atoms with E-state index in [1.165, 1.54) is 96.4 Å². The summed E-state index contributed by atoms with van der Waals surface area (Å²) in [6.07, 6.45) is 19.7. The Labute approximate surface area is 150 Å². The maximum atomic E-state index is 10.8. The van der Waals surface area contributed by atoms with Crippen LogP contribution in [0.25, 0.3) is 0 Å². The Morgan fingerprint density at radius 3 is 2.21 bits per heavy atom. The van der Waals surface area contributed by atoms with Crippen molar-refractivity contribution in [3.8, 4) is 0 Å². The SMILES string of the molecule is CCCCCCC(CCCCCCNC1CCCC1)CCC(=O)O. The molecule has 0 aromatic heterocycles. The van der Waals surface area contributed by atoms with Crippen LogP contribution in [-0.4, -0.2) is 23.7 Å². The number of carboxylic acids is 1. The van der Waals surface area contributed by atoms with Crippen molar-refractivity contribution >= 4 is 5.97 Å². The first-order chi connectivity index (χ1) is 11.7. The molecular formula is C21H41NO2. The summed E-state index contributed by atoms with van der Waals surface area (Å²) in [6.45, 7) is 3.42. The molecule has 0 aromatic carbocycles. The average molecular weight is 340 g/mol. The van der Waals surface area contributed by atoms with Crippen LogP contribution in [0.15, 0.2) is 0 Å². The summed E-state index contributed by atoms with van der Waals surface area (Å²) < 4.78 is 0. The first-order valence-corrected chi connectivity index (χ1v) is 10.7. The van der Waals surface area contributed by atoms with Gasteiger partial charge in [0.05, 0.1) is 0 Å². The zero-order valence-electron chi connectivity index (χ0n) is 16.0. The van der Waals surface area contributed by atoms with Crippen molar-refractivity contribution in [2.24, 2.45) is 5.92 Å². The van der Waals surface area contributed by atoms with Crippen LogP contribution in [0.5, 0.6) is 0 Å². The molecule has 1 aliphatic carbocycles. The van der Waals surface area contributed by atoms with Crippen LogP contribution in [0, 0.1) is 5.92 Å². The Hall–Kier alpha value is -0.570. The molecule has 1 aliphatic rings. The lowest BCUT2D eigenvalue weighted by Gasteiger charge is -2.16. The molecule has 0 aliphatic heterocycles. The lowest BCUT2D eigenvalue weighted by molar-refractivity contribution is -0.137. The van der Waals surface area contributed by atoms with Gasteiger partial charge in [0, 0.05) is 12.5 Å². The fourth-order valence-electron chi connectivity index (χ4n) is 3.97. The minimum atomic E-state index is -0.633. The van der Waals surface area contributed by atoms with Crippen LogP contribution >= 0.6 is 0 Å². The molecule has 1 saturated carbocycles. The number of hydrogen-bond donors (Lipinski definition) is 2. The van der Waals surface area contributed by atoms with Gasteiger partial charge in [-0.15, -0.1) is 0 Å². The Bertz CT molecular complexity index is 300. The summed E-state index contributed by atoms with van der Waals surface area (Å²) in [5.41, 5.74) is 0. The van der Waals surface area contributed by atoms with Crippen LogP contribution < -0.4 is 5.32 Å². The summed E-state index contributed by atoms with van der Waals surface area (Å²) in [5, 5.41) is 12.6. The van der Waals surface area contributed by atoms with E-state index in [9.17, 15) is 4.79 Å². The molecule has 24 heavy (non-hydrogen) atoms. The molecule has 1 unspecified atom stereocenters. The first kappa shape index (κ1) is 21.5. The summed E-state index contributed by atoms with van der Waals surface area (Å²) in [4.78, 5) is 10.8. The fraction of sp³-hybridized carbons (Fsp3) is 0.952. The van der Waals surface area contributed by atoms with E-state index in [0.29, 0.717) is 12.3 Å². The van der Waals surface area contributed by atoms with Gasteiger partial charge in [0.1, 0.15) is 0 Å². The molecule has 0 spiro atoms. The minimum absolute atomic E-state index is 0.351. The number of carboxylic acid groups (broad SMARTS) is 1. The van der Waals surface area contributed by atoms with Gasteiger partial charge in [-0.3, -0.25) is 4.79 Å². The number of nitrogens with one attached hydrogen (secondary N) is 1. The minimum Gasteiger partial charge on any atom is -0.481 e. The monoisotopic (exact) mass is 339 g/mol. The van der Waals surface area contributed by atoms with E-state index in [0.717, 1.165) is 12.5 Å². The second kappa shape index (κ2) is 14.7. The third kappa shape index (κ3) is 11.9. The second-order valence-corrected chi connectivity index (χ2v) is 7.79. The number of unbranched alkanes of at least 4 members (excludes halogenated alkanes) is 6. The highest BCUT2D eigenvalue weighted by atomic mass is 16.4. The summed E-state index contributed by atoms with van der Waals surface area (Å²) in [7, 11) is 0. The van der Waals surface area contributed by atoms with Gasteiger partial charge in [-0.25, -0.2) is 0 Å². The zero-order chi connectivity index (χ0) is 17.5. The van der Waals surface area contributed by atoms with Gasteiger partial charge < -0.3 is 10.4 Å². The number of rotatable bonds is 16. The molecule has 0 saturated heterocycles. The molecule has 1 rings (SSSR count). The van der Waals surface area contributed by atoms with Gasteiger partial charge in [-0.1, -0.05) is 77.6 Å². The van der Waals surface area contributed by atoms with E-state index < -0.39 is 5.97 Å². The molecule has 2 N–H and O–H groups in total. The van der Waals surface area contributed by atoms with E-state index >= 15 is 0 Å². The van der Waals surface area contributed by atoms with Crippen LogP contribution in [-0.2, 0) is 4.79 Å². The van der Waals surface area contributed by atoms with Crippen molar-refractivity contribution in [3.63, 3.8) is 0 Å². The molecule has 0 heterocycles. The van der Waals surface area contributed by atoms with E-state index in [4.69, 9.17) is 5.11 Å². The molecule has 3 nitrogen and oxygen atoms in total. The number of carbonyl (C=O) groups is 1. The van der Waals surface area contributed by atoms with Gasteiger partial charge in [0.25, 0.3) is 0 Å². The average Bonchev–Trinajstić information content (AvgIpc) is 3.08. The Kier molecular flexibility index (Phi) is 13.2. The number of aliphatic carboxylic acids is 1. The van der Waals surface area contributed by atoms with Crippen molar-refractivity contribution in [1.82, 2.24) is 5.32 Å². The number of hydrogen-bond acceptors (Lipinski definition) is 2. The van der Waals surface area contributed by atoms with Gasteiger partial charge >= 0.3 is 5.97 Å². The second-order valence-electron chi connectivity index (χ2n) is 7.79. The molecule has 0 radical (unpaired) electrons. The van der Waals surface area contributed by atoms with E-state index in [1.54, 1.807) is 0 Å². The van der Waals surface area contributed by atoms with Gasteiger partial charge in [0.15, 0.2) is 0 Å². The molecule has 0 aromatic rings. The van der Waals surface area contributed by atoms with Crippen molar-refractivity contribution < 1.29 is 9.90 Å². The van der Waals surface area contributed by atoms with Crippen molar-refractivity contribution in [1.29, 1.82) is 0 Å². The molecular weight excluding hydrogens is 298 g/mol.